The molecule has 3 aromatic rings. The first kappa shape index (κ1) is 21.5. The molecule has 0 unspecified atom stereocenters. The molecule has 8 heteroatoms. The van der Waals surface area contributed by atoms with Gasteiger partial charge in [0.1, 0.15) is 17.3 Å². The standard InChI is InChI=1S/C23H21N3O5/c1-14(27)24-19-9-7-17(8-10-19)12-21-23(30)25-20(22(29)26-21)11-16-3-5-18(6-4-16)13-31-15(2)28/h3-12H,13H2,1-2H3,(H,24,27)(H,25,30)(H,26,29). The van der Waals surface area contributed by atoms with Crippen LogP contribution in [0, 0.1) is 0 Å². The number of H-pyrrole nitrogens is 2. The SMILES string of the molecule is CC(=O)Nc1ccc(C=c2[nH]c(=O)c(=Cc3ccc(COC(C)=O)cc3)[nH]c2=O)cc1. The van der Waals surface area contributed by atoms with Crippen molar-refractivity contribution in [3.8, 4) is 0 Å². The van der Waals surface area contributed by atoms with E-state index in [-0.39, 0.29) is 29.2 Å². The lowest BCUT2D eigenvalue weighted by Crippen LogP contribution is -2.46. The molecule has 0 spiro atoms. The minimum Gasteiger partial charge on any atom is -0.461 e. The maximum atomic E-state index is 12.4. The average Bonchev–Trinajstić information content (AvgIpc) is 2.72. The summed E-state index contributed by atoms with van der Waals surface area (Å²) in [6.45, 7) is 2.93. The molecule has 1 amide bonds. The van der Waals surface area contributed by atoms with Gasteiger partial charge in [0.05, 0.1) is 0 Å². The third-order valence-electron chi connectivity index (χ3n) is 4.26. The molecule has 1 aromatic heterocycles. The highest BCUT2D eigenvalue weighted by atomic mass is 16.5. The second-order valence-electron chi connectivity index (χ2n) is 6.85. The van der Waals surface area contributed by atoms with Crippen LogP contribution < -0.4 is 27.1 Å². The summed E-state index contributed by atoms with van der Waals surface area (Å²) >= 11 is 0. The molecule has 2 aromatic carbocycles. The van der Waals surface area contributed by atoms with Crippen molar-refractivity contribution in [2.45, 2.75) is 20.5 Å². The quantitative estimate of drug-likeness (QED) is 0.527. The number of carbonyl (C=O) groups is 2. The van der Waals surface area contributed by atoms with Crippen LogP contribution in [0.1, 0.15) is 30.5 Å². The van der Waals surface area contributed by atoms with E-state index in [0.29, 0.717) is 16.8 Å². The van der Waals surface area contributed by atoms with Crippen LogP contribution in [0.3, 0.4) is 0 Å². The predicted octanol–water partition coefficient (Wildman–Crippen LogP) is 0.742. The van der Waals surface area contributed by atoms with E-state index in [1.165, 1.54) is 13.8 Å². The highest BCUT2D eigenvalue weighted by molar-refractivity contribution is 5.88. The molecule has 1 heterocycles. The molecule has 8 nitrogen and oxygen atoms in total. The molecule has 0 aliphatic heterocycles. The molecule has 0 saturated carbocycles. The number of rotatable bonds is 5. The van der Waals surface area contributed by atoms with Crippen LogP contribution in [0.4, 0.5) is 5.69 Å². The number of hydrogen-bond donors (Lipinski definition) is 3. The first-order chi connectivity index (χ1) is 14.8. The van der Waals surface area contributed by atoms with E-state index in [0.717, 1.165) is 5.56 Å². The summed E-state index contributed by atoms with van der Waals surface area (Å²) in [6.07, 6.45) is 3.10. The van der Waals surface area contributed by atoms with Gasteiger partial charge >= 0.3 is 5.97 Å². The molecule has 158 valence electrons. The van der Waals surface area contributed by atoms with Crippen molar-refractivity contribution in [3.63, 3.8) is 0 Å². The smallest absolute Gasteiger partial charge is 0.302 e. The number of aromatic nitrogens is 2. The molecule has 3 rings (SSSR count). The maximum absolute atomic E-state index is 12.4. The number of carbonyl (C=O) groups excluding carboxylic acids is 2. The molecular formula is C23H21N3O5. The van der Waals surface area contributed by atoms with Crippen molar-refractivity contribution >= 4 is 29.7 Å². The summed E-state index contributed by atoms with van der Waals surface area (Å²) in [7, 11) is 0. The van der Waals surface area contributed by atoms with Crippen LogP contribution in [-0.2, 0) is 20.9 Å². The third-order valence-corrected chi connectivity index (χ3v) is 4.26. The zero-order chi connectivity index (χ0) is 22.4. The van der Waals surface area contributed by atoms with Crippen molar-refractivity contribution < 1.29 is 14.3 Å². The monoisotopic (exact) mass is 419 g/mol. The second-order valence-corrected chi connectivity index (χ2v) is 6.85. The minimum atomic E-state index is -0.441. The number of anilines is 1. The summed E-state index contributed by atoms with van der Waals surface area (Å²) in [5, 5.41) is 2.90. The molecule has 31 heavy (non-hydrogen) atoms. The van der Waals surface area contributed by atoms with Gasteiger partial charge in [0, 0.05) is 19.5 Å². The number of amides is 1. The first-order valence-corrected chi connectivity index (χ1v) is 9.46. The van der Waals surface area contributed by atoms with Crippen LogP contribution in [0.5, 0.6) is 0 Å². The van der Waals surface area contributed by atoms with E-state index in [2.05, 4.69) is 15.3 Å². The van der Waals surface area contributed by atoms with E-state index in [1.54, 1.807) is 60.7 Å². The van der Waals surface area contributed by atoms with E-state index in [4.69, 9.17) is 4.74 Å². The average molecular weight is 419 g/mol. The Bertz CT molecular complexity index is 1330. The molecule has 0 aliphatic carbocycles. The molecule has 3 N–H and O–H groups in total. The van der Waals surface area contributed by atoms with Crippen molar-refractivity contribution in [2.24, 2.45) is 0 Å². The van der Waals surface area contributed by atoms with Crippen molar-refractivity contribution in [1.82, 2.24) is 9.97 Å². The van der Waals surface area contributed by atoms with Gasteiger partial charge in [-0.15, -0.1) is 0 Å². The van der Waals surface area contributed by atoms with Gasteiger partial charge < -0.3 is 20.0 Å². The lowest BCUT2D eigenvalue weighted by molar-refractivity contribution is -0.142. The number of benzene rings is 2. The van der Waals surface area contributed by atoms with Gasteiger partial charge in [-0.2, -0.15) is 0 Å². The Balaban J connectivity index is 1.87. The third kappa shape index (κ3) is 6.14. The van der Waals surface area contributed by atoms with Crippen LogP contribution >= 0.6 is 0 Å². The molecular weight excluding hydrogens is 398 g/mol. The molecule has 0 radical (unpaired) electrons. The molecule has 0 saturated heterocycles. The van der Waals surface area contributed by atoms with Crippen molar-refractivity contribution in [3.05, 3.63) is 96.6 Å². The van der Waals surface area contributed by atoms with Gasteiger partial charge in [-0.3, -0.25) is 19.2 Å². The summed E-state index contributed by atoms with van der Waals surface area (Å²) in [5.74, 6) is -0.538. The Morgan fingerprint density at radius 3 is 1.77 bits per heavy atom. The first-order valence-electron chi connectivity index (χ1n) is 9.46. The Labute approximate surface area is 176 Å². The number of hydrogen-bond acceptors (Lipinski definition) is 5. The topological polar surface area (TPSA) is 121 Å². The van der Waals surface area contributed by atoms with Crippen LogP contribution in [0.25, 0.3) is 12.2 Å². The van der Waals surface area contributed by atoms with Crippen molar-refractivity contribution in [2.75, 3.05) is 5.32 Å². The summed E-state index contributed by atoms with van der Waals surface area (Å²) in [6, 6.07) is 13.9. The van der Waals surface area contributed by atoms with E-state index >= 15 is 0 Å². The Hall–Kier alpha value is -4.20. The zero-order valence-electron chi connectivity index (χ0n) is 17.0. The highest BCUT2D eigenvalue weighted by Crippen LogP contribution is 2.09. The molecule has 0 bridgehead atoms. The van der Waals surface area contributed by atoms with Gasteiger partial charge in [-0.25, -0.2) is 0 Å². The Morgan fingerprint density at radius 2 is 1.32 bits per heavy atom. The predicted molar refractivity (Wildman–Crippen MR) is 117 cm³/mol. The molecule has 0 aliphatic rings. The minimum absolute atomic E-state index is 0.117. The normalized spacial score (nSPS) is 11.9. The van der Waals surface area contributed by atoms with Gasteiger partial charge in [0.25, 0.3) is 11.1 Å². The Kier molecular flexibility index (Phi) is 6.61. The fourth-order valence-corrected chi connectivity index (χ4v) is 2.79. The zero-order valence-corrected chi connectivity index (χ0v) is 17.0. The van der Waals surface area contributed by atoms with Gasteiger partial charge in [0.2, 0.25) is 5.91 Å². The van der Waals surface area contributed by atoms with E-state index < -0.39 is 11.1 Å². The van der Waals surface area contributed by atoms with Gasteiger partial charge in [0.15, 0.2) is 0 Å². The lowest BCUT2D eigenvalue weighted by atomic mass is 10.1. The molecule has 0 fully saturated rings. The summed E-state index contributed by atoms with van der Waals surface area (Å²) in [4.78, 5) is 52.0. The molecule has 0 atom stereocenters. The maximum Gasteiger partial charge on any atom is 0.302 e. The summed E-state index contributed by atoms with van der Waals surface area (Å²) < 4.78 is 4.93. The van der Waals surface area contributed by atoms with E-state index in [9.17, 15) is 19.2 Å². The van der Waals surface area contributed by atoms with Crippen LogP contribution in [0.2, 0.25) is 0 Å². The van der Waals surface area contributed by atoms with Gasteiger partial charge in [-0.1, -0.05) is 36.4 Å². The fourth-order valence-electron chi connectivity index (χ4n) is 2.79. The number of ether oxygens (including phenoxy) is 1. The number of esters is 1. The number of nitrogens with one attached hydrogen (secondary N) is 3. The van der Waals surface area contributed by atoms with Gasteiger partial charge in [-0.05, 0) is 41.0 Å². The van der Waals surface area contributed by atoms with Crippen LogP contribution in [0.15, 0.2) is 58.1 Å². The fraction of sp³-hybridized carbons (Fsp3) is 0.130. The van der Waals surface area contributed by atoms with Crippen molar-refractivity contribution in [1.29, 1.82) is 0 Å². The van der Waals surface area contributed by atoms with Crippen LogP contribution in [-0.4, -0.2) is 21.8 Å². The lowest BCUT2D eigenvalue weighted by Gasteiger charge is -2.02. The van der Waals surface area contributed by atoms with E-state index in [1.807, 2.05) is 0 Å². The summed E-state index contributed by atoms with van der Waals surface area (Å²) in [5.41, 5.74) is 1.96. The number of aromatic amines is 2. The second kappa shape index (κ2) is 9.53. The Morgan fingerprint density at radius 1 is 0.839 bits per heavy atom. The largest absolute Gasteiger partial charge is 0.461 e. The highest BCUT2D eigenvalue weighted by Gasteiger charge is 2.00.